The normalized spacial score (nSPS) is 13.3. The van der Waals surface area contributed by atoms with Crippen LogP contribution in [0.15, 0.2) is 211 Å². The fraction of sp³-hybridized carbons (Fsp3) is 0.0182. The van der Waals surface area contributed by atoms with Crippen molar-refractivity contribution in [3.63, 3.8) is 0 Å². The molecule has 0 saturated heterocycles. The second kappa shape index (κ2) is 11.7. The average Bonchev–Trinajstić information content (AvgIpc) is 4.01. The molecule has 2 aliphatic rings. The zero-order chi connectivity index (χ0) is 38.0. The van der Waals surface area contributed by atoms with Crippen molar-refractivity contribution in [3.8, 4) is 27.9 Å². The molecule has 0 radical (unpaired) electrons. The van der Waals surface area contributed by atoms with E-state index >= 15 is 0 Å². The maximum atomic E-state index is 6.43. The molecule has 0 fully saturated rings. The number of anilines is 3. The Labute approximate surface area is 335 Å². The van der Waals surface area contributed by atoms with Gasteiger partial charge in [-0.2, -0.15) is 0 Å². The van der Waals surface area contributed by atoms with Gasteiger partial charge in [-0.1, -0.05) is 146 Å². The molecule has 11 aromatic rings. The highest BCUT2D eigenvalue weighted by Crippen LogP contribution is 2.65. The number of para-hydroxylation sites is 3. The molecule has 2 heterocycles. The van der Waals surface area contributed by atoms with Gasteiger partial charge < -0.3 is 13.9 Å². The maximum absolute atomic E-state index is 6.43. The van der Waals surface area contributed by atoms with E-state index in [1.165, 1.54) is 60.8 Å². The van der Waals surface area contributed by atoms with E-state index in [1.54, 1.807) is 0 Å². The van der Waals surface area contributed by atoms with Crippen LogP contribution in [0.1, 0.15) is 22.3 Å². The molecule has 0 aliphatic heterocycles. The van der Waals surface area contributed by atoms with Crippen molar-refractivity contribution in [2.45, 2.75) is 5.41 Å². The van der Waals surface area contributed by atoms with E-state index in [2.05, 4.69) is 210 Å². The minimum absolute atomic E-state index is 0.535. The minimum atomic E-state index is -0.535. The van der Waals surface area contributed by atoms with Gasteiger partial charge >= 0.3 is 0 Å². The summed E-state index contributed by atoms with van der Waals surface area (Å²) in [5.41, 5.74) is 18.4. The number of aromatic nitrogens is 1. The Bertz CT molecular complexity index is 3420. The maximum Gasteiger partial charge on any atom is 0.135 e. The van der Waals surface area contributed by atoms with Crippen LogP contribution < -0.4 is 4.90 Å². The third-order valence-corrected chi connectivity index (χ3v) is 12.8. The van der Waals surface area contributed by atoms with Gasteiger partial charge in [0, 0.05) is 38.5 Å². The van der Waals surface area contributed by atoms with Crippen molar-refractivity contribution in [1.29, 1.82) is 0 Å². The molecule has 0 bridgehead atoms. The molecule has 2 aromatic heterocycles. The molecule has 270 valence electrons. The van der Waals surface area contributed by atoms with Gasteiger partial charge in [-0.3, -0.25) is 0 Å². The van der Waals surface area contributed by atoms with Crippen molar-refractivity contribution in [2.75, 3.05) is 4.90 Å². The largest absolute Gasteiger partial charge is 0.456 e. The second-order valence-corrected chi connectivity index (χ2v) is 15.6. The Hall–Kier alpha value is -7.62. The third-order valence-electron chi connectivity index (χ3n) is 12.8. The van der Waals surface area contributed by atoms with Crippen LogP contribution in [0.25, 0.3) is 71.7 Å². The van der Waals surface area contributed by atoms with Gasteiger partial charge in [0.05, 0.1) is 27.8 Å². The standard InChI is InChI=1S/C55H34N2O/c1-2-16-35(17-3-1)56-47-27-12-7-22-42(47)53-48(56)28-15-29-49(53)57(36-32-33-52-43(34-36)40-21-8-13-31-51(40)58-52)50-30-14-23-41-39-20-6-11-26-46(39)55(54(41)50)44-24-9-4-18-37(44)38-19-5-10-25-45(38)55/h1-34H. The fourth-order valence-corrected chi connectivity index (χ4v) is 10.6. The highest BCUT2D eigenvalue weighted by molar-refractivity contribution is 6.17. The summed E-state index contributed by atoms with van der Waals surface area (Å²) in [4.78, 5) is 2.54. The van der Waals surface area contributed by atoms with E-state index in [4.69, 9.17) is 4.42 Å². The van der Waals surface area contributed by atoms with Crippen LogP contribution in [0.3, 0.4) is 0 Å². The lowest BCUT2D eigenvalue weighted by Crippen LogP contribution is -2.28. The topological polar surface area (TPSA) is 21.3 Å². The summed E-state index contributed by atoms with van der Waals surface area (Å²) in [5.74, 6) is 0. The summed E-state index contributed by atoms with van der Waals surface area (Å²) < 4.78 is 8.84. The van der Waals surface area contributed by atoms with Crippen LogP contribution in [0.4, 0.5) is 17.1 Å². The van der Waals surface area contributed by atoms with Crippen molar-refractivity contribution in [3.05, 3.63) is 229 Å². The summed E-state index contributed by atoms with van der Waals surface area (Å²) in [6.45, 7) is 0. The summed E-state index contributed by atoms with van der Waals surface area (Å²) >= 11 is 0. The summed E-state index contributed by atoms with van der Waals surface area (Å²) in [6, 6.07) is 75.6. The van der Waals surface area contributed by atoms with E-state index < -0.39 is 5.41 Å². The second-order valence-electron chi connectivity index (χ2n) is 15.6. The van der Waals surface area contributed by atoms with Gasteiger partial charge in [-0.25, -0.2) is 0 Å². The Morgan fingerprint density at radius 3 is 1.71 bits per heavy atom. The van der Waals surface area contributed by atoms with Crippen LogP contribution in [-0.4, -0.2) is 4.57 Å². The Morgan fingerprint density at radius 2 is 0.948 bits per heavy atom. The van der Waals surface area contributed by atoms with Crippen LogP contribution in [0, 0.1) is 0 Å². The number of fused-ring (bicyclic) bond motifs is 16. The monoisotopic (exact) mass is 738 g/mol. The van der Waals surface area contributed by atoms with Gasteiger partial charge in [-0.15, -0.1) is 0 Å². The molecule has 58 heavy (non-hydrogen) atoms. The van der Waals surface area contributed by atoms with E-state index in [0.717, 1.165) is 50.2 Å². The van der Waals surface area contributed by atoms with E-state index in [1.807, 2.05) is 6.07 Å². The first kappa shape index (κ1) is 31.6. The fourth-order valence-electron chi connectivity index (χ4n) is 10.6. The molecule has 0 unspecified atom stereocenters. The van der Waals surface area contributed by atoms with Crippen LogP contribution in [0.2, 0.25) is 0 Å². The number of furan rings is 1. The van der Waals surface area contributed by atoms with E-state index in [-0.39, 0.29) is 0 Å². The molecule has 2 aliphatic carbocycles. The van der Waals surface area contributed by atoms with Crippen LogP contribution in [0.5, 0.6) is 0 Å². The predicted molar refractivity (Wildman–Crippen MR) is 239 cm³/mol. The third kappa shape index (κ3) is 4.02. The lowest BCUT2D eigenvalue weighted by atomic mass is 9.70. The molecule has 3 nitrogen and oxygen atoms in total. The van der Waals surface area contributed by atoms with Gasteiger partial charge in [0.1, 0.15) is 11.2 Å². The van der Waals surface area contributed by atoms with Gasteiger partial charge in [0.25, 0.3) is 0 Å². The number of nitrogens with zero attached hydrogens (tertiary/aromatic N) is 2. The smallest absolute Gasteiger partial charge is 0.135 e. The lowest BCUT2D eigenvalue weighted by Gasteiger charge is -2.36. The average molecular weight is 739 g/mol. The predicted octanol–water partition coefficient (Wildman–Crippen LogP) is 14.5. The van der Waals surface area contributed by atoms with Crippen molar-refractivity contribution in [2.24, 2.45) is 0 Å². The van der Waals surface area contributed by atoms with Gasteiger partial charge in [0.2, 0.25) is 0 Å². The molecule has 3 heteroatoms. The summed E-state index contributed by atoms with van der Waals surface area (Å²) in [5, 5.41) is 4.62. The molecule has 13 rings (SSSR count). The Kier molecular flexibility index (Phi) is 6.37. The van der Waals surface area contributed by atoms with Crippen molar-refractivity contribution in [1.82, 2.24) is 4.57 Å². The van der Waals surface area contributed by atoms with Gasteiger partial charge in [-0.05, 0) is 99.6 Å². The van der Waals surface area contributed by atoms with E-state index in [9.17, 15) is 0 Å². The number of hydrogen-bond acceptors (Lipinski definition) is 2. The van der Waals surface area contributed by atoms with Crippen molar-refractivity contribution >= 4 is 60.8 Å². The first-order chi connectivity index (χ1) is 28.8. The quantitative estimate of drug-likeness (QED) is 0.179. The SMILES string of the molecule is c1ccc(-n2c3ccccc3c3c(N(c4ccc5oc6ccccc6c5c4)c4cccc5c4C4(c6ccccc6-c6ccccc64)c4ccccc4-5)cccc32)cc1. The molecular weight excluding hydrogens is 705 g/mol. The van der Waals surface area contributed by atoms with Gasteiger partial charge in [0.15, 0.2) is 0 Å². The summed E-state index contributed by atoms with van der Waals surface area (Å²) in [7, 11) is 0. The molecule has 0 saturated carbocycles. The highest BCUT2D eigenvalue weighted by Gasteiger charge is 2.53. The Morgan fingerprint density at radius 1 is 0.397 bits per heavy atom. The zero-order valence-electron chi connectivity index (χ0n) is 31.4. The number of rotatable bonds is 4. The zero-order valence-corrected chi connectivity index (χ0v) is 31.4. The first-order valence-electron chi connectivity index (χ1n) is 20.0. The van der Waals surface area contributed by atoms with Crippen molar-refractivity contribution < 1.29 is 4.42 Å². The Balaban J connectivity index is 1.19. The van der Waals surface area contributed by atoms with Crippen LogP contribution >= 0.6 is 0 Å². The molecule has 0 amide bonds. The summed E-state index contributed by atoms with van der Waals surface area (Å²) in [6.07, 6.45) is 0. The molecule has 9 aromatic carbocycles. The number of benzene rings is 9. The first-order valence-corrected chi connectivity index (χ1v) is 20.0. The number of hydrogen-bond donors (Lipinski definition) is 0. The van der Waals surface area contributed by atoms with E-state index in [0.29, 0.717) is 0 Å². The highest BCUT2D eigenvalue weighted by atomic mass is 16.3. The lowest BCUT2D eigenvalue weighted by molar-refractivity contribution is 0.669. The molecule has 0 N–H and O–H groups in total. The minimum Gasteiger partial charge on any atom is -0.456 e. The van der Waals surface area contributed by atoms with Crippen LogP contribution in [-0.2, 0) is 5.41 Å². The molecule has 0 atom stereocenters. The molecular formula is C55H34N2O. The molecule has 1 spiro atoms.